The molecule has 1 aromatic heterocycles. The van der Waals surface area contributed by atoms with E-state index in [-0.39, 0.29) is 17.2 Å². The number of halogens is 3. The average molecular weight is 381 g/mol. The molecule has 0 aliphatic rings. The van der Waals surface area contributed by atoms with E-state index in [4.69, 9.17) is 4.74 Å². The Kier molecular flexibility index (Phi) is 6.34. The molecule has 0 N–H and O–H groups in total. The van der Waals surface area contributed by atoms with Crippen molar-refractivity contribution in [3.63, 3.8) is 0 Å². The number of alkyl halides is 3. The molecule has 0 bridgehead atoms. The van der Waals surface area contributed by atoms with E-state index in [1.54, 1.807) is 13.1 Å². The Bertz CT molecular complexity index is 770. The topological polar surface area (TPSA) is 38.2 Å². The first-order valence-electron chi connectivity index (χ1n) is 8.95. The van der Waals surface area contributed by atoms with Crippen molar-refractivity contribution in [2.24, 2.45) is 0 Å². The van der Waals surface area contributed by atoms with Gasteiger partial charge in [0.25, 0.3) is 0 Å². The molecule has 1 heterocycles. The molecule has 2 rings (SSSR count). The van der Waals surface area contributed by atoms with Gasteiger partial charge in [-0.2, -0.15) is 18.2 Å². The zero-order valence-corrected chi connectivity index (χ0v) is 16.4. The number of nitrogens with zero attached hydrogens (tertiary/aromatic N) is 3. The van der Waals surface area contributed by atoms with Crippen molar-refractivity contribution in [2.75, 3.05) is 18.6 Å². The van der Waals surface area contributed by atoms with E-state index in [1.807, 2.05) is 25.1 Å². The van der Waals surface area contributed by atoms with Gasteiger partial charge in [-0.25, -0.2) is 4.98 Å². The molecule has 1 aromatic carbocycles. The van der Waals surface area contributed by atoms with Crippen molar-refractivity contribution in [3.8, 4) is 6.01 Å². The minimum Gasteiger partial charge on any atom is -0.463 e. The number of rotatable bonds is 6. The Morgan fingerprint density at radius 2 is 1.85 bits per heavy atom. The summed E-state index contributed by atoms with van der Waals surface area (Å²) < 4.78 is 45.9. The van der Waals surface area contributed by atoms with Crippen LogP contribution >= 0.6 is 0 Å². The van der Waals surface area contributed by atoms with Gasteiger partial charge in [0.2, 0.25) is 0 Å². The van der Waals surface area contributed by atoms with Crippen LogP contribution < -0.4 is 9.64 Å². The Morgan fingerprint density at radius 1 is 1.15 bits per heavy atom. The predicted octanol–water partition coefficient (Wildman–Crippen LogP) is 5.74. The Labute approximate surface area is 158 Å². The summed E-state index contributed by atoms with van der Waals surface area (Å²) in [6.07, 6.45) is -2.09. The van der Waals surface area contributed by atoms with Gasteiger partial charge < -0.3 is 9.64 Å². The molecule has 148 valence electrons. The third-order valence-corrected chi connectivity index (χ3v) is 4.20. The Hall–Kier alpha value is -2.31. The Balaban J connectivity index is 2.46. The van der Waals surface area contributed by atoms with Crippen LogP contribution in [0.2, 0.25) is 0 Å². The van der Waals surface area contributed by atoms with Crippen LogP contribution in [0.1, 0.15) is 51.7 Å². The van der Waals surface area contributed by atoms with Crippen molar-refractivity contribution in [1.29, 1.82) is 0 Å². The molecule has 0 spiro atoms. The van der Waals surface area contributed by atoms with Gasteiger partial charge in [0.1, 0.15) is 5.56 Å². The predicted molar refractivity (Wildman–Crippen MR) is 101 cm³/mol. The summed E-state index contributed by atoms with van der Waals surface area (Å²) in [7, 11) is 1.56. The van der Waals surface area contributed by atoms with Crippen molar-refractivity contribution in [3.05, 3.63) is 41.6 Å². The van der Waals surface area contributed by atoms with Crippen LogP contribution in [-0.4, -0.2) is 23.6 Å². The smallest absolute Gasteiger partial charge is 0.421 e. The molecule has 0 radical (unpaired) electrons. The van der Waals surface area contributed by atoms with Crippen LogP contribution in [-0.2, 0) is 11.6 Å². The second kappa shape index (κ2) is 8.15. The van der Waals surface area contributed by atoms with Crippen molar-refractivity contribution < 1.29 is 17.9 Å². The second-order valence-electron chi connectivity index (χ2n) is 7.45. The van der Waals surface area contributed by atoms with Crippen LogP contribution in [0.4, 0.5) is 24.7 Å². The molecule has 0 saturated carbocycles. The molecule has 0 fully saturated rings. The third kappa shape index (κ3) is 5.34. The van der Waals surface area contributed by atoms with E-state index in [0.717, 1.165) is 24.6 Å². The number of anilines is 2. The highest BCUT2D eigenvalue weighted by molar-refractivity contribution is 5.63. The van der Waals surface area contributed by atoms with Crippen LogP contribution in [0.15, 0.2) is 30.5 Å². The number of unbranched alkanes of at least 4 members (excludes halogenated alkanes) is 1. The first kappa shape index (κ1) is 21.0. The first-order valence-corrected chi connectivity index (χ1v) is 8.95. The number of benzene rings is 1. The summed E-state index contributed by atoms with van der Waals surface area (Å²) >= 11 is 0. The fourth-order valence-corrected chi connectivity index (χ4v) is 2.49. The van der Waals surface area contributed by atoms with Crippen LogP contribution in [0.5, 0.6) is 6.01 Å². The van der Waals surface area contributed by atoms with Gasteiger partial charge in [-0.05, 0) is 29.5 Å². The molecule has 0 saturated heterocycles. The molecule has 7 heteroatoms. The monoisotopic (exact) mass is 381 g/mol. The maximum absolute atomic E-state index is 13.5. The summed E-state index contributed by atoms with van der Waals surface area (Å²) in [5.41, 5.74) is 0.623. The molecular weight excluding hydrogens is 355 g/mol. The third-order valence-electron chi connectivity index (χ3n) is 4.20. The fourth-order valence-electron chi connectivity index (χ4n) is 2.49. The molecule has 27 heavy (non-hydrogen) atoms. The van der Waals surface area contributed by atoms with Crippen molar-refractivity contribution >= 4 is 11.5 Å². The van der Waals surface area contributed by atoms with Crippen LogP contribution in [0.3, 0.4) is 0 Å². The fraction of sp³-hybridized carbons (Fsp3) is 0.500. The second-order valence-corrected chi connectivity index (χ2v) is 7.45. The van der Waals surface area contributed by atoms with E-state index in [9.17, 15) is 13.2 Å². The normalized spacial score (nSPS) is 12.1. The van der Waals surface area contributed by atoms with E-state index >= 15 is 0 Å². The van der Waals surface area contributed by atoms with E-state index < -0.39 is 11.7 Å². The molecule has 0 amide bonds. The van der Waals surface area contributed by atoms with Gasteiger partial charge in [-0.3, -0.25) is 0 Å². The molecule has 2 aromatic rings. The Morgan fingerprint density at radius 3 is 2.44 bits per heavy atom. The lowest BCUT2D eigenvalue weighted by Crippen LogP contribution is -2.20. The van der Waals surface area contributed by atoms with Crippen LogP contribution in [0.25, 0.3) is 0 Å². The molecule has 0 aliphatic carbocycles. The standard InChI is InChI=1S/C20H26F3N3O/c1-6-7-11-27-18-24-13-16(20(21,22)23)17(25-18)26(5)15-10-8-9-14(12-15)19(2,3)4/h8-10,12-13H,6-7,11H2,1-5H3. The summed E-state index contributed by atoms with van der Waals surface area (Å²) in [6.45, 7) is 8.52. The summed E-state index contributed by atoms with van der Waals surface area (Å²) in [5, 5.41) is 0. The number of hydrogen-bond donors (Lipinski definition) is 0. The van der Waals surface area contributed by atoms with Crippen molar-refractivity contribution in [1.82, 2.24) is 9.97 Å². The van der Waals surface area contributed by atoms with Gasteiger partial charge in [0.15, 0.2) is 5.82 Å². The van der Waals surface area contributed by atoms with Crippen LogP contribution in [0, 0.1) is 0 Å². The van der Waals surface area contributed by atoms with Crippen molar-refractivity contribution in [2.45, 2.75) is 52.1 Å². The molecule has 4 nitrogen and oxygen atoms in total. The van der Waals surface area contributed by atoms with Gasteiger partial charge >= 0.3 is 12.2 Å². The molecule has 0 aliphatic heterocycles. The quantitative estimate of drug-likeness (QED) is 0.598. The van der Waals surface area contributed by atoms with E-state index in [2.05, 4.69) is 30.7 Å². The van der Waals surface area contributed by atoms with Gasteiger partial charge in [0, 0.05) is 18.9 Å². The van der Waals surface area contributed by atoms with Gasteiger partial charge in [0.05, 0.1) is 6.61 Å². The summed E-state index contributed by atoms with van der Waals surface area (Å²) in [5.74, 6) is -0.227. The zero-order valence-electron chi connectivity index (χ0n) is 16.4. The van der Waals surface area contributed by atoms with Gasteiger partial charge in [-0.15, -0.1) is 0 Å². The largest absolute Gasteiger partial charge is 0.463 e. The lowest BCUT2D eigenvalue weighted by Gasteiger charge is -2.25. The number of hydrogen-bond acceptors (Lipinski definition) is 4. The lowest BCUT2D eigenvalue weighted by molar-refractivity contribution is -0.137. The number of ether oxygens (including phenoxy) is 1. The highest BCUT2D eigenvalue weighted by Gasteiger charge is 2.37. The zero-order chi connectivity index (χ0) is 20.2. The SMILES string of the molecule is CCCCOc1ncc(C(F)(F)F)c(N(C)c2cccc(C(C)(C)C)c2)n1. The highest BCUT2D eigenvalue weighted by Crippen LogP contribution is 2.38. The van der Waals surface area contributed by atoms with E-state index in [1.165, 1.54) is 4.90 Å². The maximum Gasteiger partial charge on any atom is 0.421 e. The lowest BCUT2D eigenvalue weighted by atomic mass is 9.87. The summed E-state index contributed by atoms with van der Waals surface area (Å²) in [4.78, 5) is 9.21. The minimum atomic E-state index is -4.56. The number of aromatic nitrogens is 2. The molecule has 0 atom stereocenters. The molecular formula is C20H26F3N3O. The molecule has 0 unspecified atom stereocenters. The summed E-state index contributed by atoms with van der Waals surface area (Å²) in [6, 6.07) is 7.38. The minimum absolute atomic E-state index is 0.0507. The van der Waals surface area contributed by atoms with Gasteiger partial charge in [-0.1, -0.05) is 46.2 Å². The highest BCUT2D eigenvalue weighted by atomic mass is 19.4. The first-order chi connectivity index (χ1) is 12.5. The maximum atomic E-state index is 13.5. The average Bonchev–Trinajstić information content (AvgIpc) is 2.60. The van der Waals surface area contributed by atoms with E-state index in [0.29, 0.717) is 12.3 Å².